The fourth-order valence-corrected chi connectivity index (χ4v) is 2.05. The van der Waals surface area contributed by atoms with Gasteiger partial charge in [0, 0.05) is 30.3 Å². The second-order valence-corrected chi connectivity index (χ2v) is 4.84. The molecule has 1 aromatic rings. The van der Waals surface area contributed by atoms with Crippen molar-refractivity contribution < 1.29 is 4.79 Å². The molecular formula is C11H16BrCl2N3O. The maximum Gasteiger partial charge on any atom is 0.272 e. The molecule has 2 rings (SSSR count). The van der Waals surface area contributed by atoms with Crippen LogP contribution in [-0.2, 0) is 0 Å². The molecule has 0 radical (unpaired) electrons. The fourth-order valence-electron chi connectivity index (χ4n) is 1.82. The number of nitrogens with zero attached hydrogens (tertiary/aromatic N) is 2. The Labute approximate surface area is 127 Å². The molecule has 1 aliphatic heterocycles. The first kappa shape index (κ1) is 17.6. The molecule has 1 unspecified atom stereocenters. The summed E-state index contributed by atoms with van der Waals surface area (Å²) in [4.78, 5) is 17.9. The molecule has 0 saturated carbocycles. The average Bonchev–Trinajstić information content (AvgIpc) is 2.81. The van der Waals surface area contributed by atoms with Gasteiger partial charge in [-0.25, -0.2) is 4.98 Å². The summed E-state index contributed by atoms with van der Waals surface area (Å²) >= 11 is 3.30. The maximum atomic E-state index is 12.1. The minimum atomic E-state index is -0.0128. The molecule has 1 N–H and O–H groups in total. The van der Waals surface area contributed by atoms with Crippen molar-refractivity contribution in [3.05, 3.63) is 28.5 Å². The Kier molecular flexibility index (Phi) is 7.78. The number of likely N-dealkylation sites (N-methyl/N-ethyl adjacent to an activating group) is 1. The minimum absolute atomic E-state index is 0. The van der Waals surface area contributed by atoms with E-state index in [-0.39, 0.29) is 36.8 Å². The maximum absolute atomic E-state index is 12.1. The third-order valence-electron chi connectivity index (χ3n) is 2.85. The number of halogens is 3. The standard InChI is InChI=1S/C11H14BrN3O.2ClH/c1-15(9-4-5-13-7-9)11(16)10-3-2-8(12)6-14-10;;/h2-3,6,9,13H,4-5,7H2,1H3;2*1H. The quantitative estimate of drug-likeness (QED) is 0.882. The molecule has 1 aromatic heterocycles. The van der Waals surface area contributed by atoms with E-state index < -0.39 is 0 Å². The fraction of sp³-hybridized carbons (Fsp3) is 0.455. The van der Waals surface area contributed by atoms with Crippen molar-refractivity contribution in [2.24, 2.45) is 0 Å². The SMILES string of the molecule is CN(C(=O)c1ccc(Br)cn1)C1CCNC1.Cl.Cl. The molecule has 1 amide bonds. The summed E-state index contributed by atoms with van der Waals surface area (Å²) in [7, 11) is 1.84. The molecule has 1 fully saturated rings. The van der Waals surface area contributed by atoms with Crippen LogP contribution < -0.4 is 5.32 Å². The van der Waals surface area contributed by atoms with Crippen LogP contribution in [0.3, 0.4) is 0 Å². The van der Waals surface area contributed by atoms with Crippen molar-refractivity contribution >= 4 is 46.7 Å². The van der Waals surface area contributed by atoms with Crippen LogP contribution in [0, 0.1) is 0 Å². The van der Waals surface area contributed by atoms with E-state index in [1.54, 1.807) is 17.2 Å². The monoisotopic (exact) mass is 355 g/mol. The molecule has 1 aliphatic rings. The van der Waals surface area contributed by atoms with Gasteiger partial charge >= 0.3 is 0 Å². The third-order valence-corrected chi connectivity index (χ3v) is 3.32. The second kappa shape index (κ2) is 7.94. The van der Waals surface area contributed by atoms with E-state index in [0.29, 0.717) is 5.69 Å². The first-order valence-electron chi connectivity index (χ1n) is 5.28. The molecule has 2 heterocycles. The highest BCUT2D eigenvalue weighted by Crippen LogP contribution is 2.12. The smallest absolute Gasteiger partial charge is 0.272 e. The zero-order chi connectivity index (χ0) is 11.5. The zero-order valence-corrected chi connectivity index (χ0v) is 13.1. The molecule has 0 spiro atoms. The van der Waals surface area contributed by atoms with E-state index >= 15 is 0 Å². The summed E-state index contributed by atoms with van der Waals surface area (Å²) in [5.74, 6) is -0.0128. The predicted molar refractivity (Wildman–Crippen MR) is 79.8 cm³/mol. The lowest BCUT2D eigenvalue weighted by atomic mass is 10.2. The molecule has 0 bridgehead atoms. The summed E-state index contributed by atoms with van der Waals surface area (Å²) < 4.78 is 0.884. The normalized spacial score (nSPS) is 17.6. The predicted octanol–water partition coefficient (Wildman–Crippen LogP) is 2.12. The van der Waals surface area contributed by atoms with E-state index in [1.807, 2.05) is 13.1 Å². The number of hydrogen-bond donors (Lipinski definition) is 1. The highest BCUT2D eigenvalue weighted by molar-refractivity contribution is 9.10. The van der Waals surface area contributed by atoms with Gasteiger partial charge < -0.3 is 10.2 Å². The molecule has 4 nitrogen and oxygen atoms in total. The Balaban J connectivity index is 0.00000144. The number of rotatable bonds is 2. The highest BCUT2D eigenvalue weighted by Gasteiger charge is 2.24. The van der Waals surface area contributed by atoms with Gasteiger partial charge in [-0.3, -0.25) is 4.79 Å². The molecular weight excluding hydrogens is 341 g/mol. The Morgan fingerprint density at radius 3 is 2.72 bits per heavy atom. The van der Waals surface area contributed by atoms with Crippen LogP contribution in [0.15, 0.2) is 22.8 Å². The summed E-state index contributed by atoms with van der Waals surface area (Å²) in [6.45, 7) is 1.86. The molecule has 18 heavy (non-hydrogen) atoms. The van der Waals surface area contributed by atoms with E-state index in [4.69, 9.17) is 0 Å². The minimum Gasteiger partial charge on any atom is -0.336 e. The second-order valence-electron chi connectivity index (χ2n) is 3.92. The van der Waals surface area contributed by atoms with Crippen molar-refractivity contribution in [1.82, 2.24) is 15.2 Å². The number of carbonyl (C=O) groups is 1. The van der Waals surface area contributed by atoms with Crippen LogP contribution in [0.25, 0.3) is 0 Å². The summed E-state index contributed by atoms with van der Waals surface area (Å²) in [6, 6.07) is 3.87. The van der Waals surface area contributed by atoms with Crippen LogP contribution in [0.1, 0.15) is 16.9 Å². The molecule has 0 aromatic carbocycles. The van der Waals surface area contributed by atoms with Crippen LogP contribution in [0.2, 0.25) is 0 Å². The van der Waals surface area contributed by atoms with Crippen molar-refractivity contribution in [3.8, 4) is 0 Å². The van der Waals surface area contributed by atoms with Gasteiger partial charge in [-0.15, -0.1) is 24.8 Å². The van der Waals surface area contributed by atoms with E-state index in [1.165, 1.54) is 0 Å². The highest BCUT2D eigenvalue weighted by atomic mass is 79.9. The Hall–Kier alpha value is -0.360. The van der Waals surface area contributed by atoms with Gasteiger partial charge in [0.1, 0.15) is 5.69 Å². The van der Waals surface area contributed by atoms with Crippen molar-refractivity contribution in [2.75, 3.05) is 20.1 Å². The lowest BCUT2D eigenvalue weighted by Crippen LogP contribution is -2.38. The molecule has 102 valence electrons. The number of nitrogens with one attached hydrogen (secondary N) is 1. The Morgan fingerprint density at radius 2 is 2.22 bits per heavy atom. The van der Waals surface area contributed by atoms with Crippen LogP contribution in [0.5, 0.6) is 0 Å². The van der Waals surface area contributed by atoms with Gasteiger partial charge in [0.15, 0.2) is 0 Å². The first-order chi connectivity index (χ1) is 7.68. The molecule has 0 aliphatic carbocycles. The number of aromatic nitrogens is 1. The lowest BCUT2D eigenvalue weighted by Gasteiger charge is -2.23. The summed E-state index contributed by atoms with van der Waals surface area (Å²) in [5, 5.41) is 3.25. The van der Waals surface area contributed by atoms with Gasteiger partial charge in [-0.1, -0.05) is 0 Å². The molecule has 1 saturated heterocycles. The first-order valence-corrected chi connectivity index (χ1v) is 6.07. The zero-order valence-electron chi connectivity index (χ0n) is 9.93. The number of amides is 1. The third kappa shape index (κ3) is 4.09. The number of carbonyl (C=O) groups excluding carboxylic acids is 1. The molecule has 7 heteroatoms. The summed E-state index contributed by atoms with van der Waals surface area (Å²) in [6.07, 6.45) is 2.66. The summed E-state index contributed by atoms with van der Waals surface area (Å²) in [5.41, 5.74) is 0.498. The van der Waals surface area contributed by atoms with Gasteiger partial charge in [0.25, 0.3) is 5.91 Å². The van der Waals surface area contributed by atoms with E-state index in [0.717, 1.165) is 24.0 Å². The number of hydrogen-bond acceptors (Lipinski definition) is 3. The van der Waals surface area contributed by atoms with E-state index in [2.05, 4.69) is 26.2 Å². The van der Waals surface area contributed by atoms with Crippen LogP contribution >= 0.6 is 40.7 Å². The van der Waals surface area contributed by atoms with Gasteiger partial charge in [0.2, 0.25) is 0 Å². The Bertz CT molecular complexity index is 382. The largest absolute Gasteiger partial charge is 0.336 e. The topological polar surface area (TPSA) is 45.2 Å². The van der Waals surface area contributed by atoms with Crippen LogP contribution in [0.4, 0.5) is 0 Å². The van der Waals surface area contributed by atoms with Gasteiger partial charge in [0.05, 0.1) is 0 Å². The Morgan fingerprint density at radius 1 is 1.50 bits per heavy atom. The lowest BCUT2D eigenvalue weighted by molar-refractivity contribution is 0.0738. The van der Waals surface area contributed by atoms with Crippen LogP contribution in [-0.4, -0.2) is 42.0 Å². The van der Waals surface area contributed by atoms with Gasteiger partial charge in [-0.2, -0.15) is 0 Å². The van der Waals surface area contributed by atoms with Gasteiger partial charge in [-0.05, 0) is 41.0 Å². The van der Waals surface area contributed by atoms with Crippen molar-refractivity contribution in [1.29, 1.82) is 0 Å². The average molecular weight is 357 g/mol. The molecule has 1 atom stereocenters. The van der Waals surface area contributed by atoms with Crippen molar-refractivity contribution in [2.45, 2.75) is 12.5 Å². The van der Waals surface area contributed by atoms with Crippen molar-refractivity contribution in [3.63, 3.8) is 0 Å². The van der Waals surface area contributed by atoms with E-state index in [9.17, 15) is 4.79 Å². The number of pyridine rings is 1.